The smallest absolute Gasteiger partial charge is 0.123 e. The predicted octanol–water partition coefficient (Wildman–Crippen LogP) is 3.95. The highest BCUT2D eigenvalue weighted by Gasteiger charge is 2.13. The molecule has 0 aliphatic heterocycles. The fourth-order valence-electron chi connectivity index (χ4n) is 2.17. The van der Waals surface area contributed by atoms with Crippen molar-refractivity contribution in [3.63, 3.8) is 0 Å². The summed E-state index contributed by atoms with van der Waals surface area (Å²) in [6.07, 6.45) is 0.622. The maximum Gasteiger partial charge on any atom is 0.123 e. The Labute approximate surface area is 127 Å². The molecule has 2 nitrogen and oxygen atoms in total. The highest BCUT2D eigenvalue weighted by atomic mass is 79.9. The number of benzene rings is 2. The van der Waals surface area contributed by atoms with E-state index in [2.05, 4.69) is 53.4 Å². The predicted molar refractivity (Wildman–Crippen MR) is 83.8 cm³/mol. The van der Waals surface area contributed by atoms with Gasteiger partial charge in [-0.25, -0.2) is 4.39 Å². The second-order valence-corrected chi connectivity index (χ2v) is 5.86. The van der Waals surface area contributed by atoms with Gasteiger partial charge >= 0.3 is 0 Å². The number of aryl methyl sites for hydroxylation is 2. The molecule has 1 atom stereocenters. The first-order valence-corrected chi connectivity index (χ1v) is 7.27. The summed E-state index contributed by atoms with van der Waals surface area (Å²) >= 11 is 3.45. The lowest BCUT2D eigenvalue weighted by Gasteiger charge is -2.18. The lowest BCUT2D eigenvalue weighted by atomic mass is 9.96. The minimum absolute atomic E-state index is 0.0487. The summed E-state index contributed by atoms with van der Waals surface area (Å²) in [5.41, 5.74) is 7.28. The minimum Gasteiger partial charge on any atom is -0.271 e. The van der Waals surface area contributed by atoms with Crippen molar-refractivity contribution < 1.29 is 4.39 Å². The normalized spacial score (nSPS) is 12.4. The molecule has 4 heteroatoms. The summed E-state index contributed by atoms with van der Waals surface area (Å²) in [5, 5.41) is 0. The molecule has 0 bridgehead atoms. The van der Waals surface area contributed by atoms with Gasteiger partial charge in [-0.1, -0.05) is 34.1 Å². The average molecular weight is 337 g/mol. The molecule has 0 spiro atoms. The first-order chi connectivity index (χ1) is 9.51. The summed E-state index contributed by atoms with van der Waals surface area (Å²) in [6, 6.07) is 10.9. The molecule has 0 amide bonds. The molecule has 3 N–H and O–H groups in total. The number of hydrogen-bond donors (Lipinski definition) is 2. The molecule has 0 heterocycles. The van der Waals surface area contributed by atoms with Crippen molar-refractivity contribution in [2.24, 2.45) is 5.84 Å². The Bertz CT molecular complexity index is 613. The second kappa shape index (κ2) is 6.48. The van der Waals surface area contributed by atoms with Gasteiger partial charge in [0.1, 0.15) is 5.82 Å². The van der Waals surface area contributed by atoms with Crippen LogP contribution in [0, 0.1) is 19.7 Å². The van der Waals surface area contributed by atoms with Crippen molar-refractivity contribution in [1.29, 1.82) is 0 Å². The largest absolute Gasteiger partial charge is 0.271 e. The summed E-state index contributed by atoms with van der Waals surface area (Å²) in [5.74, 6) is 5.43. The molecule has 0 fully saturated rings. The van der Waals surface area contributed by atoms with E-state index in [0.29, 0.717) is 6.42 Å². The van der Waals surface area contributed by atoms with Gasteiger partial charge in [0.15, 0.2) is 0 Å². The van der Waals surface area contributed by atoms with Crippen LogP contribution in [0.15, 0.2) is 40.9 Å². The summed E-state index contributed by atoms with van der Waals surface area (Å²) < 4.78 is 14.2. The van der Waals surface area contributed by atoms with E-state index in [1.54, 1.807) is 6.07 Å². The van der Waals surface area contributed by atoms with Gasteiger partial charge in [-0.2, -0.15) is 0 Å². The Morgan fingerprint density at radius 1 is 1.15 bits per heavy atom. The van der Waals surface area contributed by atoms with Crippen molar-refractivity contribution in [3.05, 3.63) is 68.9 Å². The van der Waals surface area contributed by atoms with Crippen LogP contribution in [-0.2, 0) is 6.42 Å². The quantitative estimate of drug-likeness (QED) is 0.655. The summed E-state index contributed by atoms with van der Waals surface area (Å²) in [6.45, 7) is 4.15. The standard InChI is InChI=1S/C16H18BrFN2/c1-10-3-4-12(7-11(10)2)16(20-19)9-13-8-14(18)5-6-15(13)17/h3-8,16,20H,9,19H2,1-2H3. The lowest BCUT2D eigenvalue weighted by molar-refractivity contribution is 0.547. The maximum atomic E-state index is 13.3. The van der Waals surface area contributed by atoms with Gasteiger partial charge < -0.3 is 0 Å². The first-order valence-electron chi connectivity index (χ1n) is 6.48. The number of rotatable bonds is 4. The molecule has 106 valence electrons. The van der Waals surface area contributed by atoms with E-state index in [1.807, 2.05) is 0 Å². The fraction of sp³-hybridized carbons (Fsp3) is 0.250. The highest BCUT2D eigenvalue weighted by Crippen LogP contribution is 2.25. The fourth-order valence-corrected chi connectivity index (χ4v) is 2.58. The van der Waals surface area contributed by atoms with Crippen LogP contribution in [0.5, 0.6) is 0 Å². The van der Waals surface area contributed by atoms with Crippen molar-refractivity contribution in [2.45, 2.75) is 26.3 Å². The van der Waals surface area contributed by atoms with E-state index < -0.39 is 0 Å². The molecule has 0 aliphatic carbocycles. The molecule has 0 saturated carbocycles. The van der Waals surface area contributed by atoms with Crippen LogP contribution in [0.2, 0.25) is 0 Å². The van der Waals surface area contributed by atoms with Gasteiger partial charge in [0.25, 0.3) is 0 Å². The molecule has 2 aromatic rings. The summed E-state index contributed by atoms with van der Waals surface area (Å²) in [4.78, 5) is 0. The van der Waals surface area contributed by atoms with Gasteiger partial charge in [0.2, 0.25) is 0 Å². The number of nitrogens with one attached hydrogen (secondary N) is 1. The molecule has 1 unspecified atom stereocenters. The van der Waals surface area contributed by atoms with E-state index in [-0.39, 0.29) is 11.9 Å². The van der Waals surface area contributed by atoms with Crippen LogP contribution >= 0.6 is 15.9 Å². The molecule has 0 radical (unpaired) electrons. The topological polar surface area (TPSA) is 38.0 Å². The van der Waals surface area contributed by atoms with Crippen LogP contribution in [0.1, 0.15) is 28.3 Å². The van der Waals surface area contributed by atoms with E-state index >= 15 is 0 Å². The average Bonchev–Trinajstić information content (AvgIpc) is 2.43. The van der Waals surface area contributed by atoms with E-state index in [1.165, 1.54) is 23.3 Å². The monoisotopic (exact) mass is 336 g/mol. The van der Waals surface area contributed by atoms with Crippen LogP contribution in [0.25, 0.3) is 0 Å². The van der Waals surface area contributed by atoms with Gasteiger partial charge in [0, 0.05) is 4.47 Å². The second-order valence-electron chi connectivity index (χ2n) is 5.00. The van der Waals surface area contributed by atoms with Crippen molar-refractivity contribution in [3.8, 4) is 0 Å². The van der Waals surface area contributed by atoms with Gasteiger partial charge in [0.05, 0.1) is 6.04 Å². The number of hydrazine groups is 1. The molecule has 0 aromatic heterocycles. The van der Waals surface area contributed by atoms with Crippen molar-refractivity contribution in [2.75, 3.05) is 0 Å². The SMILES string of the molecule is Cc1ccc(C(Cc2cc(F)ccc2Br)NN)cc1C. The Balaban J connectivity index is 2.28. The number of hydrogen-bond acceptors (Lipinski definition) is 2. The summed E-state index contributed by atoms with van der Waals surface area (Å²) in [7, 11) is 0. The third kappa shape index (κ3) is 3.45. The van der Waals surface area contributed by atoms with Gasteiger partial charge in [-0.15, -0.1) is 0 Å². The van der Waals surface area contributed by atoms with Gasteiger partial charge in [-0.05, 0) is 60.7 Å². The third-order valence-electron chi connectivity index (χ3n) is 3.57. The van der Waals surface area contributed by atoms with Crippen LogP contribution in [-0.4, -0.2) is 0 Å². The minimum atomic E-state index is -0.237. The zero-order valence-corrected chi connectivity index (χ0v) is 13.2. The highest BCUT2D eigenvalue weighted by molar-refractivity contribution is 9.10. The van der Waals surface area contributed by atoms with Crippen LogP contribution in [0.4, 0.5) is 4.39 Å². The molecular weight excluding hydrogens is 319 g/mol. The lowest BCUT2D eigenvalue weighted by Crippen LogP contribution is -2.29. The van der Waals surface area contributed by atoms with E-state index in [4.69, 9.17) is 5.84 Å². The zero-order chi connectivity index (χ0) is 14.7. The first kappa shape index (κ1) is 15.2. The van der Waals surface area contributed by atoms with E-state index in [0.717, 1.165) is 15.6 Å². The number of halogens is 2. The third-order valence-corrected chi connectivity index (χ3v) is 4.34. The molecular formula is C16H18BrFN2. The molecule has 0 aliphatic rings. The molecule has 2 rings (SSSR count). The van der Waals surface area contributed by atoms with Crippen molar-refractivity contribution in [1.82, 2.24) is 5.43 Å². The maximum absolute atomic E-state index is 13.3. The number of nitrogens with two attached hydrogens (primary N) is 1. The Hall–Kier alpha value is -1.23. The Morgan fingerprint density at radius 2 is 1.90 bits per heavy atom. The molecule has 20 heavy (non-hydrogen) atoms. The Kier molecular flexibility index (Phi) is 4.91. The van der Waals surface area contributed by atoms with Gasteiger partial charge in [-0.3, -0.25) is 11.3 Å². The zero-order valence-electron chi connectivity index (χ0n) is 11.6. The van der Waals surface area contributed by atoms with Crippen molar-refractivity contribution >= 4 is 15.9 Å². The van der Waals surface area contributed by atoms with E-state index in [9.17, 15) is 4.39 Å². The van der Waals surface area contributed by atoms with Crippen LogP contribution < -0.4 is 11.3 Å². The Morgan fingerprint density at radius 3 is 2.55 bits per heavy atom. The molecule has 0 saturated heterocycles. The van der Waals surface area contributed by atoms with Crippen LogP contribution in [0.3, 0.4) is 0 Å². The molecule has 2 aromatic carbocycles.